The van der Waals surface area contributed by atoms with Crippen molar-refractivity contribution in [3.05, 3.63) is 28.2 Å². The lowest BCUT2D eigenvalue weighted by molar-refractivity contribution is -0.117. The Morgan fingerprint density at radius 1 is 1.48 bits per heavy atom. The second-order valence-electron chi connectivity index (χ2n) is 5.21. The highest BCUT2D eigenvalue weighted by molar-refractivity contribution is 6.43. The molecule has 2 rings (SSSR count). The minimum Gasteiger partial charge on any atom is -0.329 e. The molecule has 0 spiro atoms. The smallest absolute Gasteiger partial charge is 0.238 e. The zero-order valence-corrected chi connectivity index (χ0v) is 14.1. The summed E-state index contributed by atoms with van der Waals surface area (Å²) in [7, 11) is 1.93. The number of nitrogens with two attached hydrogens (primary N) is 1. The van der Waals surface area contributed by atoms with Gasteiger partial charge in [-0.25, -0.2) is 0 Å². The number of likely N-dealkylation sites (N-methyl/N-ethyl adjacent to an activating group) is 1. The van der Waals surface area contributed by atoms with Gasteiger partial charge in [-0.3, -0.25) is 9.69 Å². The maximum Gasteiger partial charge on any atom is 0.238 e. The maximum absolute atomic E-state index is 12.1. The molecule has 0 aliphatic heterocycles. The van der Waals surface area contributed by atoms with Gasteiger partial charge in [-0.1, -0.05) is 29.3 Å². The Morgan fingerprint density at radius 2 is 2.14 bits per heavy atom. The molecule has 7 heteroatoms. The molecule has 0 bridgehead atoms. The third-order valence-electron chi connectivity index (χ3n) is 3.59. The van der Waals surface area contributed by atoms with Crippen molar-refractivity contribution >= 4 is 47.2 Å². The summed E-state index contributed by atoms with van der Waals surface area (Å²) in [5.74, 6) is 0.517. The van der Waals surface area contributed by atoms with Gasteiger partial charge in [0.25, 0.3) is 0 Å². The molecule has 0 saturated heterocycles. The lowest BCUT2D eigenvalue weighted by Gasteiger charge is -2.26. The largest absolute Gasteiger partial charge is 0.329 e. The molecule has 1 aliphatic rings. The Balaban J connectivity index is 0.00000220. The van der Waals surface area contributed by atoms with E-state index in [1.54, 1.807) is 18.2 Å². The van der Waals surface area contributed by atoms with Crippen LogP contribution in [0.1, 0.15) is 12.8 Å². The summed E-state index contributed by atoms with van der Waals surface area (Å²) in [5.41, 5.74) is 6.31. The van der Waals surface area contributed by atoms with E-state index >= 15 is 0 Å². The van der Waals surface area contributed by atoms with Gasteiger partial charge in [-0.05, 0) is 37.9 Å². The zero-order valence-electron chi connectivity index (χ0n) is 11.8. The van der Waals surface area contributed by atoms with Gasteiger partial charge in [0.05, 0.1) is 22.3 Å². The first-order chi connectivity index (χ1) is 9.52. The van der Waals surface area contributed by atoms with Crippen molar-refractivity contribution in [2.75, 3.05) is 25.5 Å². The molecule has 1 aromatic rings. The van der Waals surface area contributed by atoms with Crippen molar-refractivity contribution in [1.29, 1.82) is 0 Å². The Bertz CT molecular complexity index is 494. The lowest BCUT2D eigenvalue weighted by Crippen LogP contribution is -2.43. The summed E-state index contributed by atoms with van der Waals surface area (Å²) in [4.78, 5) is 14.1. The molecule has 4 nitrogen and oxygen atoms in total. The van der Waals surface area contributed by atoms with E-state index in [0.29, 0.717) is 34.7 Å². The fraction of sp³-hybridized carbons (Fsp3) is 0.500. The highest BCUT2D eigenvalue weighted by atomic mass is 35.5. The monoisotopic (exact) mass is 351 g/mol. The first kappa shape index (κ1) is 18.5. The Hall–Kier alpha value is -0.520. The van der Waals surface area contributed by atoms with Crippen LogP contribution in [0.15, 0.2) is 18.2 Å². The maximum atomic E-state index is 12.1. The quantitative estimate of drug-likeness (QED) is 0.827. The first-order valence-corrected chi connectivity index (χ1v) is 7.42. The molecular formula is C14H20Cl3N3O. The van der Waals surface area contributed by atoms with Crippen LogP contribution >= 0.6 is 35.6 Å². The molecule has 1 atom stereocenters. The van der Waals surface area contributed by atoms with E-state index in [2.05, 4.69) is 5.32 Å². The molecule has 0 aromatic heterocycles. The molecule has 1 saturated carbocycles. The van der Waals surface area contributed by atoms with E-state index < -0.39 is 0 Å². The molecule has 1 amide bonds. The molecule has 1 unspecified atom stereocenters. The number of benzene rings is 1. The third kappa shape index (κ3) is 5.01. The molecule has 0 radical (unpaired) electrons. The first-order valence-electron chi connectivity index (χ1n) is 6.67. The van der Waals surface area contributed by atoms with Crippen LogP contribution in [0, 0.1) is 5.92 Å². The number of hydrogen-bond acceptors (Lipinski definition) is 3. The van der Waals surface area contributed by atoms with E-state index in [1.165, 1.54) is 12.8 Å². The van der Waals surface area contributed by atoms with Crippen LogP contribution in [-0.4, -0.2) is 37.0 Å². The molecule has 21 heavy (non-hydrogen) atoms. The normalized spacial score (nSPS) is 15.5. The third-order valence-corrected chi connectivity index (χ3v) is 4.41. The van der Waals surface area contributed by atoms with Crippen molar-refractivity contribution < 1.29 is 4.79 Å². The predicted octanol–water partition coefficient (Wildman–Crippen LogP) is 3.02. The van der Waals surface area contributed by atoms with E-state index in [9.17, 15) is 4.79 Å². The van der Waals surface area contributed by atoms with Crippen LogP contribution in [0.3, 0.4) is 0 Å². The average Bonchev–Trinajstić information content (AvgIpc) is 3.20. The molecule has 118 valence electrons. The summed E-state index contributed by atoms with van der Waals surface area (Å²) >= 11 is 12.0. The summed E-state index contributed by atoms with van der Waals surface area (Å²) < 4.78 is 0. The molecule has 0 heterocycles. The highest BCUT2D eigenvalue weighted by Gasteiger charge is 2.33. The standard InChI is InChI=1S/C14H19Cl2N3O.ClH/c1-19(12(7-17)9-5-6-9)8-13(20)18-11-4-2-3-10(15)14(11)16;/h2-4,9,12H,5-8,17H2,1H3,(H,18,20);1H. The van der Waals surface area contributed by atoms with Crippen LogP contribution in [0.5, 0.6) is 0 Å². The van der Waals surface area contributed by atoms with Crippen LogP contribution < -0.4 is 11.1 Å². The summed E-state index contributed by atoms with van der Waals surface area (Å²) in [6, 6.07) is 5.44. The molecule has 1 aromatic carbocycles. The van der Waals surface area contributed by atoms with Crippen molar-refractivity contribution in [2.45, 2.75) is 18.9 Å². The number of anilines is 1. The van der Waals surface area contributed by atoms with Crippen molar-refractivity contribution in [3.63, 3.8) is 0 Å². The van der Waals surface area contributed by atoms with Crippen molar-refractivity contribution in [1.82, 2.24) is 4.90 Å². The number of carbonyl (C=O) groups excluding carboxylic acids is 1. The molecule has 1 fully saturated rings. The van der Waals surface area contributed by atoms with Gasteiger partial charge in [-0.2, -0.15) is 0 Å². The van der Waals surface area contributed by atoms with Crippen LogP contribution in [0.2, 0.25) is 10.0 Å². The fourth-order valence-electron chi connectivity index (χ4n) is 2.35. The van der Waals surface area contributed by atoms with E-state index in [1.807, 2.05) is 11.9 Å². The summed E-state index contributed by atoms with van der Waals surface area (Å²) in [5, 5.41) is 3.57. The number of halogens is 3. The Kier molecular flexibility index (Phi) is 7.24. The number of hydrogen-bond donors (Lipinski definition) is 2. The lowest BCUT2D eigenvalue weighted by atomic mass is 10.1. The number of nitrogens with zero attached hydrogens (tertiary/aromatic N) is 1. The summed E-state index contributed by atoms with van der Waals surface area (Å²) in [6.07, 6.45) is 2.40. The number of carbonyl (C=O) groups is 1. The second kappa shape index (κ2) is 8.20. The van der Waals surface area contributed by atoms with Gasteiger partial charge in [0, 0.05) is 12.6 Å². The van der Waals surface area contributed by atoms with Crippen LogP contribution in [0.4, 0.5) is 5.69 Å². The van der Waals surface area contributed by atoms with Gasteiger partial charge in [0.1, 0.15) is 0 Å². The Morgan fingerprint density at radius 3 is 2.71 bits per heavy atom. The molecule has 3 N–H and O–H groups in total. The summed E-state index contributed by atoms with van der Waals surface area (Å²) in [6.45, 7) is 0.869. The fourth-order valence-corrected chi connectivity index (χ4v) is 2.69. The van der Waals surface area contributed by atoms with Crippen LogP contribution in [0.25, 0.3) is 0 Å². The van der Waals surface area contributed by atoms with Gasteiger partial charge < -0.3 is 11.1 Å². The number of rotatable bonds is 6. The topological polar surface area (TPSA) is 58.4 Å². The SMILES string of the molecule is CN(CC(=O)Nc1cccc(Cl)c1Cl)C(CN)C1CC1.Cl. The van der Waals surface area contributed by atoms with Gasteiger partial charge in [0.15, 0.2) is 0 Å². The number of nitrogens with one attached hydrogen (secondary N) is 1. The molecule has 1 aliphatic carbocycles. The van der Waals surface area contributed by atoms with E-state index in [0.717, 1.165) is 0 Å². The van der Waals surface area contributed by atoms with Crippen LogP contribution in [-0.2, 0) is 4.79 Å². The van der Waals surface area contributed by atoms with Gasteiger partial charge in [-0.15, -0.1) is 12.4 Å². The minimum absolute atomic E-state index is 0. The van der Waals surface area contributed by atoms with Crippen molar-refractivity contribution in [2.24, 2.45) is 11.7 Å². The molecular weight excluding hydrogens is 333 g/mol. The average molecular weight is 353 g/mol. The van der Waals surface area contributed by atoms with E-state index in [4.69, 9.17) is 28.9 Å². The van der Waals surface area contributed by atoms with Crippen molar-refractivity contribution in [3.8, 4) is 0 Å². The van der Waals surface area contributed by atoms with Gasteiger partial charge in [0.2, 0.25) is 5.91 Å². The number of amides is 1. The van der Waals surface area contributed by atoms with Gasteiger partial charge >= 0.3 is 0 Å². The highest BCUT2D eigenvalue weighted by Crippen LogP contribution is 2.34. The zero-order chi connectivity index (χ0) is 14.7. The van der Waals surface area contributed by atoms with E-state index in [-0.39, 0.29) is 24.4 Å². The Labute approximate surface area is 141 Å². The predicted molar refractivity (Wildman–Crippen MR) is 90.5 cm³/mol. The minimum atomic E-state index is -0.115. The second-order valence-corrected chi connectivity index (χ2v) is 5.99.